The van der Waals surface area contributed by atoms with E-state index in [0.717, 1.165) is 57.0 Å². The highest BCUT2D eigenvalue weighted by Gasteiger charge is 2.28. The molecule has 0 bridgehead atoms. The molecule has 0 aromatic carbocycles. The summed E-state index contributed by atoms with van der Waals surface area (Å²) in [6, 6.07) is -0.0697. The summed E-state index contributed by atoms with van der Waals surface area (Å²) >= 11 is 0. The second kappa shape index (κ2) is 8.07. The van der Waals surface area contributed by atoms with Gasteiger partial charge in [0.15, 0.2) is 5.82 Å². The van der Waals surface area contributed by atoms with Gasteiger partial charge < -0.3 is 19.9 Å². The molecular formula is C17H29N5O2. The van der Waals surface area contributed by atoms with Crippen molar-refractivity contribution in [2.45, 2.75) is 52.1 Å². The number of carbonyl (C=O) groups excluding carboxylic acids is 1. The molecule has 1 aromatic heterocycles. The lowest BCUT2D eigenvalue weighted by Gasteiger charge is -2.26. The molecule has 2 aliphatic heterocycles. The van der Waals surface area contributed by atoms with E-state index in [1.165, 1.54) is 0 Å². The third-order valence-corrected chi connectivity index (χ3v) is 4.82. The van der Waals surface area contributed by atoms with Crippen LogP contribution in [-0.2, 0) is 22.5 Å². The molecule has 1 aromatic rings. The minimum atomic E-state index is -0.0697. The van der Waals surface area contributed by atoms with Crippen molar-refractivity contribution in [3.8, 4) is 0 Å². The Morgan fingerprint density at radius 1 is 1.33 bits per heavy atom. The van der Waals surface area contributed by atoms with Gasteiger partial charge in [0.1, 0.15) is 5.82 Å². The molecule has 0 saturated carbocycles. The number of fused-ring (bicyclic) bond motifs is 1. The number of ether oxygens (including phenoxy) is 1. The third kappa shape index (κ3) is 4.13. The number of nitrogens with one attached hydrogen (secondary N) is 2. The van der Waals surface area contributed by atoms with Crippen LogP contribution in [0.15, 0.2) is 0 Å². The molecule has 1 amide bonds. The molecule has 0 unspecified atom stereocenters. The molecule has 2 aliphatic rings. The predicted molar refractivity (Wildman–Crippen MR) is 90.5 cm³/mol. The van der Waals surface area contributed by atoms with Crippen molar-refractivity contribution in [1.82, 2.24) is 25.4 Å². The number of hydrogen-bond acceptors (Lipinski definition) is 5. The number of carbonyl (C=O) groups is 1. The van der Waals surface area contributed by atoms with Crippen molar-refractivity contribution in [1.29, 1.82) is 0 Å². The van der Waals surface area contributed by atoms with Crippen LogP contribution in [0.25, 0.3) is 0 Å². The van der Waals surface area contributed by atoms with E-state index in [2.05, 4.69) is 39.2 Å². The van der Waals surface area contributed by atoms with Gasteiger partial charge in [-0.2, -0.15) is 0 Å². The van der Waals surface area contributed by atoms with Gasteiger partial charge >= 0.3 is 0 Å². The van der Waals surface area contributed by atoms with Gasteiger partial charge in [-0.25, -0.2) is 0 Å². The van der Waals surface area contributed by atoms with Gasteiger partial charge in [-0.3, -0.25) is 4.79 Å². The van der Waals surface area contributed by atoms with Gasteiger partial charge in [0.25, 0.3) is 0 Å². The van der Waals surface area contributed by atoms with Crippen LogP contribution in [0.2, 0.25) is 0 Å². The summed E-state index contributed by atoms with van der Waals surface area (Å²) in [5.74, 6) is 2.59. The molecule has 1 atom stereocenters. The summed E-state index contributed by atoms with van der Waals surface area (Å²) in [5, 5.41) is 15.4. The van der Waals surface area contributed by atoms with Crippen LogP contribution in [0.4, 0.5) is 0 Å². The number of rotatable bonds is 5. The first-order valence-electron chi connectivity index (χ1n) is 9.16. The molecule has 0 spiro atoms. The summed E-state index contributed by atoms with van der Waals surface area (Å²) in [4.78, 5) is 12.7. The lowest BCUT2D eigenvalue weighted by molar-refractivity contribution is -0.128. The molecule has 24 heavy (non-hydrogen) atoms. The predicted octanol–water partition coefficient (Wildman–Crippen LogP) is 1.05. The zero-order valence-corrected chi connectivity index (χ0v) is 14.8. The second-order valence-electron chi connectivity index (χ2n) is 7.20. The quantitative estimate of drug-likeness (QED) is 0.841. The molecule has 134 valence electrons. The van der Waals surface area contributed by atoms with E-state index in [1.807, 2.05) is 0 Å². The Bertz CT molecular complexity index is 551. The SMILES string of the molecule is CC(C)C[C@@H](NC(=O)C1CCOCC1)c1nnc2n1CCNCC2. The minimum absolute atomic E-state index is 0.0570. The fourth-order valence-electron chi connectivity index (χ4n) is 3.50. The third-order valence-electron chi connectivity index (χ3n) is 4.82. The van der Waals surface area contributed by atoms with Crippen LogP contribution in [0.5, 0.6) is 0 Å². The van der Waals surface area contributed by atoms with Crippen LogP contribution >= 0.6 is 0 Å². The van der Waals surface area contributed by atoms with E-state index in [-0.39, 0.29) is 17.9 Å². The van der Waals surface area contributed by atoms with Crippen LogP contribution in [0, 0.1) is 11.8 Å². The molecule has 2 N–H and O–H groups in total. The van der Waals surface area contributed by atoms with Crippen LogP contribution in [0.1, 0.15) is 50.8 Å². The molecule has 0 aliphatic carbocycles. The Labute approximate surface area is 143 Å². The van der Waals surface area contributed by atoms with Crippen molar-refractivity contribution >= 4 is 5.91 Å². The molecule has 7 heteroatoms. The van der Waals surface area contributed by atoms with Crippen molar-refractivity contribution < 1.29 is 9.53 Å². The highest BCUT2D eigenvalue weighted by molar-refractivity contribution is 5.79. The van der Waals surface area contributed by atoms with Gasteiger partial charge in [0.05, 0.1) is 6.04 Å². The normalized spacial score (nSPS) is 20.5. The molecule has 1 fully saturated rings. The maximum absolute atomic E-state index is 12.7. The number of nitrogens with zero attached hydrogens (tertiary/aromatic N) is 3. The molecule has 1 saturated heterocycles. The molecule has 3 rings (SSSR count). The zero-order chi connectivity index (χ0) is 16.9. The van der Waals surface area contributed by atoms with E-state index in [9.17, 15) is 4.79 Å². The monoisotopic (exact) mass is 335 g/mol. The first-order chi connectivity index (χ1) is 11.6. The number of aromatic nitrogens is 3. The van der Waals surface area contributed by atoms with E-state index in [0.29, 0.717) is 19.1 Å². The average Bonchev–Trinajstić information content (AvgIpc) is 2.83. The van der Waals surface area contributed by atoms with Gasteiger partial charge in [-0.05, 0) is 25.2 Å². The van der Waals surface area contributed by atoms with Crippen molar-refractivity contribution in [2.75, 3.05) is 26.3 Å². The Hall–Kier alpha value is -1.47. The van der Waals surface area contributed by atoms with Crippen LogP contribution < -0.4 is 10.6 Å². The standard InChI is InChI=1S/C17H29N5O2/c1-12(2)11-14(19-17(23)13-4-9-24-10-5-13)16-21-20-15-3-6-18-7-8-22(15)16/h12-14,18H,3-11H2,1-2H3,(H,19,23)/t14-/m1/s1. The summed E-state index contributed by atoms with van der Waals surface area (Å²) < 4.78 is 7.56. The minimum Gasteiger partial charge on any atom is -0.381 e. The molecule has 0 radical (unpaired) electrons. The Morgan fingerprint density at radius 2 is 2.12 bits per heavy atom. The van der Waals surface area contributed by atoms with Crippen LogP contribution in [0.3, 0.4) is 0 Å². The highest BCUT2D eigenvalue weighted by atomic mass is 16.5. The first kappa shape index (κ1) is 17.4. The number of hydrogen-bond donors (Lipinski definition) is 2. The fourth-order valence-corrected chi connectivity index (χ4v) is 3.50. The Kier molecular flexibility index (Phi) is 5.84. The molecule has 7 nitrogen and oxygen atoms in total. The van der Waals surface area contributed by atoms with E-state index in [4.69, 9.17) is 4.74 Å². The van der Waals surface area contributed by atoms with Gasteiger partial charge in [-0.1, -0.05) is 13.8 Å². The van der Waals surface area contributed by atoms with Gasteiger partial charge in [0.2, 0.25) is 5.91 Å². The first-order valence-corrected chi connectivity index (χ1v) is 9.16. The summed E-state index contributed by atoms with van der Waals surface area (Å²) in [6.45, 7) is 8.42. The van der Waals surface area contributed by atoms with E-state index < -0.39 is 0 Å². The largest absolute Gasteiger partial charge is 0.381 e. The summed E-state index contributed by atoms with van der Waals surface area (Å²) in [7, 11) is 0. The zero-order valence-electron chi connectivity index (χ0n) is 14.8. The maximum atomic E-state index is 12.7. The highest BCUT2D eigenvalue weighted by Crippen LogP contribution is 2.23. The lowest BCUT2D eigenvalue weighted by atomic mass is 9.97. The molecular weight excluding hydrogens is 306 g/mol. The van der Waals surface area contributed by atoms with Crippen molar-refractivity contribution in [3.63, 3.8) is 0 Å². The van der Waals surface area contributed by atoms with Crippen molar-refractivity contribution in [2.24, 2.45) is 11.8 Å². The smallest absolute Gasteiger partial charge is 0.223 e. The number of amides is 1. The lowest BCUT2D eigenvalue weighted by Crippen LogP contribution is -2.38. The van der Waals surface area contributed by atoms with E-state index >= 15 is 0 Å². The Balaban J connectivity index is 1.76. The van der Waals surface area contributed by atoms with Gasteiger partial charge in [0, 0.05) is 45.2 Å². The fraction of sp³-hybridized carbons (Fsp3) is 0.824. The second-order valence-corrected chi connectivity index (χ2v) is 7.20. The van der Waals surface area contributed by atoms with Crippen LogP contribution in [-0.4, -0.2) is 47.0 Å². The maximum Gasteiger partial charge on any atom is 0.223 e. The Morgan fingerprint density at radius 3 is 2.88 bits per heavy atom. The van der Waals surface area contributed by atoms with Crippen molar-refractivity contribution in [3.05, 3.63) is 11.6 Å². The topological polar surface area (TPSA) is 81.1 Å². The summed E-state index contributed by atoms with van der Waals surface area (Å²) in [5.41, 5.74) is 0. The van der Waals surface area contributed by atoms with E-state index in [1.54, 1.807) is 0 Å². The summed E-state index contributed by atoms with van der Waals surface area (Å²) in [6.07, 6.45) is 3.38. The molecule has 3 heterocycles. The van der Waals surface area contributed by atoms with Gasteiger partial charge in [-0.15, -0.1) is 10.2 Å². The average molecular weight is 335 g/mol.